The Kier molecular flexibility index (Phi) is 9.66. The normalized spacial score (nSPS) is 13.8. The van der Waals surface area contributed by atoms with Crippen LogP contribution in [0.2, 0.25) is 0 Å². The summed E-state index contributed by atoms with van der Waals surface area (Å²) in [5.41, 5.74) is 10.6. The van der Waals surface area contributed by atoms with Crippen molar-refractivity contribution in [3.8, 4) is 0 Å². The van der Waals surface area contributed by atoms with E-state index < -0.39 is 30.7 Å². The van der Waals surface area contributed by atoms with Crippen LogP contribution in [0, 0.1) is 0 Å². The molecule has 1 unspecified atom stereocenters. The van der Waals surface area contributed by atoms with Crippen molar-refractivity contribution in [2.75, 3.05) is 31.8 Å². The van der Waals surface area contributed by atoms with Crippen molar-refractivity contribution in [3.63, 3.8) is 0 Å². The molecule has 0 aromatic heterocycles. The molecule has 0 aliphatic rings. The van der Waals surface area contributed by atoms with Gasteiger partial charge in [0.15, 0.2) is 6.10 Å². The maximum atomic E-state index is 11.5. The van der Waals surface area contributed by atoms with E-state index in [9.17, 15) is 9.59 Å². The first-order chi connectivity index (χ1) is 8.54. The number of thioether (sulfide) groups is 1. The van der Waals surface area contributed by atoms with E-state index in [0.29, 0.717) is 6.42 Å². The van der Waals surface area contributed by atoms with Crippen LogP contribution in [0.5, 0.6) is 0 Å². The molecule has 7 nitrogen and oxygen atoms in total. The molecule has 2 atom stereocenters. The van der Waals surface area contributed by atoms with Gasteiger partial charge in [0, 0.05) is 0 Å². The summed E-state index contributed by atoms with van der Waals surface area (Å²) >= 11 is 1.57. The molecule has 5 N–H and O–H groups in total. The van der Waals surface area contributed by atoms with Gasteiger partial charge in [-0.3, -0.25) is 9.59 Å². The fraction of sp³-hybridized carbons (Fsp3) is 0.800. The molecule has 0 saturated carbocycles. The number of hydrogen-bond acceptors (Lipinski definition) is 8. The number of nitrogens with two attached hydrogens (primary N) is 2. The standard InChI is InChI=1S/C10H20N2O5S/c1-18-3-2-8(12)10(15)17-7(5-13)6-16-9(14)4-11/h7-8,13H,2-6,11-12H2,1H3/t7?,8-/m0/s1. The second-order valence-electron chi connectivity index (χ2n) is 3.52. The maximum Gasteiger partial charge on any atom is 0.323 e. The summed E-state index contributed by atoms with van der Waals surface area (Å²) in [4.78, 5) is 22.3. The quantitative estimate of drug-likeness (QED) is 0.435. The van der Waals surface area contributed by atoms with Gasteiger partial charge in [-0.2, -0.15) is 11.8 Å². The molecule has 0 aromatic rings. The third-order valence-corrected chi connectivity index (χ3v) is 2.66. The van der Waals surface area contributed by atoms with Gasteiger partial charge in [-0.25, -0.2) is 0 Å². The van der Waals surface area contributed by atoms with E-state index in [1.54, 1.807) is 11.8 Å². The Morgan fingerprint density at radius 3 is 2.61 bits per heavy atom. The molecular weight excluding hydrogens is 260 g/mol. The van der Waals surface area contributed by atoms with Crippen LogP contribution in [0.15, 0.2) is 0 Å². The molecule has 0 aliphatic heterocycles. The third kappa shape index (κ3) is 7.49. The zero-order valence-corrected chi connectivity index (χ0v) is 11.1. The number of rotatable bonds is 9. The van der Waals surface area contributed by atoms with Crippen LogP contribution in [0.1, 0.15) is 6.42 Å². The highest BCUT2D eigenvalue weighted by atomic mass is 32.2. The second kappa shape index (κ2) is 10.1. The van der Waals surface area contributed by atoms with Crippen molar-refractivity contribution in [1.82, 2.24) is 0 Å². The van der Waals surface area contributed by atoms with Crippen LogP contribution in [0.25, 0.3) is 0 Å². The van der Waals surface area contributed by atoms with Gasteiger partial charge in [-0.05, 0) is 18.4 Å². The smallest absolute Gasteiger partial charge is 0.323 e. The largest absolute Gasteiger partial charge is 0.461 e. The molecule has 0 aromatic carbocycles. The van der Waals surface area contributed by atoms with Crippen LogP contribution >= 0.6 is 11.8 Å². The topological polar surface area (TPSA) is 125 Å². The van der Waals surface area contributed by atoms with E-state index in [1.165, 1.54) is 0 Å². The summed E-state index contributed by atoms with van der Waals surface area (Å²) in [7, 11) is 0. The molecule has 0 spiro atoms. The van der Waals surface area contributed by atoms with E-state index in [4.69, 9.17) is 21.3 Å². The van der Waals surface area contributed by atoms with Gasteiger partial charge in [0.25, 0.3) is 0 Å². The Labute approximate surface area is 110 Å². The highest BCUT2D eigenvalue weighted by Crippen LogP contribution is 2.03. The molecule has 0 amide bonds. The van der Waals surface area contributed by atoms with Crippen LogP contribution in [-0.2, 0) is 19.1 Å². The SMILES string of the molecule is CSCC[C@H](N)C(=O)OC(CO)COC(=O)CN. The first-order valence-electron chi connectivity index (χ1n) is 5.46. The number of carbonyl (C=O) groups excluding carboxylic acids is 2. The van der Waals surface area contributed by atoms with Crippen molar-refractivity contribution in [1.29, 1.82) is 0 Å². The number of esters is 2. The minimum absolute atomic E-state index is 0.229. The number of ether oxygens (including phenoxy) is 2. The summed E-state index contributed by atoms with van der Waals surface area (Å²) in [6.07, 6.45) is 1.48. The summed E-state index contributed by atoms with van der Waals surface area (Å²) in [6, 6.07) is -0.739. The predicted molar refractivity (Wildman–Crippen MR) is 68.0 cm³/mol. The van der Waals surface area contributed by atoms with Crippen molar-refractivity contribution in [2.24, 2.45) is 11.5 Å². The number of aliphatic hydroxyl groups excluding tert-OH is 1. The van der Waals surface area contributed by atoms with Crippen LogP contribution in [0.3, 0.4) is 0 Å². The Balaban J connectivity index is 4.02. The average Bonchev–Trinajstić information content (AvgIpc) is 2.39. The van der Waals surface area contributed by atoms with Gasteiger partial charge < -0.3 is 26.0 Å². The molecule has 8 heteroatoms. The van der Waals surface area contributed by atoms with E-state index in [1.807, 2.05) is 6.26 Å². The van der Waals surface area contributed by atoms with Crippen LogP contribution < -0.4 is 11.5 Å². The molecule has 0 fully saturated rings. The fourth-order valence-corrected chi connectivity index (χ4v) is 1.47. The lowest BCUT2D eigenvalue weighted by atomic mass is 10.2. The number of hydrogen-bond donors (Lipinski definition) is 3. The van der Waals surface area contributed by atoms with Gasteiger partial charge in [0.2, 0.25) is 0 Å². The first-order valence-corrected chi connectivity index (χ1v) is 6.86. The molecule has 0 radical (unpaired) electrons. The maximum absolute atomic E-state index is 11.5. The Morgan fingerprint density at radius 2 is 2.11 bits per heavy atom. The van der Waals surface area contributed by atoms with Gasteiger partial charge >= 0.3 is 11.9 Å². The van der Waals surface area contributed by atoms with Gasteiger partial charge in [0.1, 0.15) is 12.6 Å². The van der Waals surface area contributed by atoms with Crippen molar-refractivity contribution >= 4 is 23.7 Å². The minimum atomic E-state index is -0.909. The number of carbonyl (C=O) groups is 2. The summed E-state index contributed by atoms with van der Waals surface area (Å²) in [5, 5.41) is 8.97. The fourth-order valence-electron chi connectivity index (χ4n) is 0.983. The summed E-state index contributed by atoms with van der Waals surface area (Å²) in [5.74, 6) is -0.509. The van der Waals surface area contributed by atoms with Crippen molar-refractivity contribution in [3.05, 3.63) is 0 Å². The molecule has 0 aliphatic carbocycles. The molecule has 106 valence electrons. The van der Waals surface area contributed by atoms with Gasteiger partial charge in [0.05, 0.1) is 13.2 Å². The Hall–Kier alpha value is -0.830. The third-order valence-electron chi connectivity index (χ3n) is 2.02. The van der Waals surface area contributed by atoms with E-state index in [2.05, 4.69) is 4.74 Å². The highest BCUT2D eigenvalue weighted by molar-refractivity contribution is 7.98. The molecular formula is C10H20N2O5S. The van der Waals surface area contributed by atoms with E-state index in [-0.39, 0.29) is 13.2 Å². The first kappa shape index (κ1) is 17.2. The number of aliphatic hydroxyl groups is 1. The molecule has 0 bridgehead atoms. The lowest BCUT2D eigenvalue weighted by Crippen LogP contribution is -2.38. The van der Waals surface area contributed by atoms with E-state index in [0.717, 1.165) is 5.75 Å². The molecule has 0 saturated heterocycles. The van der Waals surface area contributed by atoms with Crippen LogP contribution in [-0.4, -0.2) is 61.0 Å². The lowest BCUT2D eigenvalue weighted by molar-refractivity contribution is -0.161. The Morgan fingerprint density at radius 1 is 1.44 bits per heavy atom. The molecule has 0 rings (SSSR count). The predicted octanol–water partition coefficient (Wildman–Crippen LogP) is -1.53. The average molecular weight is 280 g/mol. The summed E-state index contributed by atoms with van der Waals surface area (Å²) in [6.45, 7) is -0.939. The zero-order valence-electron chi connectivity index (χ0n) is 10.3. The lowest BCUT2D eigenvalue weighted by Gasteiger charge is -2.18. The van der Waals surface area contributed by atoms with Gasteiger partial charge in [-0.15, -0.1) is 0 Å². The minimum Gasteiger partial charge on any atom is -0.461 e. The van der Waals surface area contributed by atoms with Gasteiger partial charge in [-0.1, -0.05) is 0 Å². The zero-order chi connectivity index (χ0) is 14.0. The van der Waals surface area contributed by atoms with E-state index >= 15 is 0 Å². The highest BCUT2D eigenvalue weighted by Gasteiger charge is 2.20. The van der Waals surface area contributed by atoms with Crippen molar-refractivity contribution in [2.45, 2.75) is 18.6 Å². The van der Waals surface area contributed by atoms with Crippen LogP contribution in [0.4, 0.5) is 0 Å². The second-order valence-corrected chi connectivity index (χ2v) is 4.50. The summed E-state index contributed by atoms with van der Waals surface area (Å²) < 4.78 is 9.57. The van der Waals surface area contributed by atoms with Crippen molar-refractivity contribution < 1.29 is 24.2 Å². The monoisotopic (exact) mass is 280 g/mol. The molecule has 0 heterocycles. The molecule has 18 heavy (non-hydrogen) atoms. The Bertz CT molecular complexity index is 265.